The Labute approximate surface area is 87.5 Å². The maximum Gasteiger partial charge on any atom is 0.270 e. The molecule has 4 nitrogen and oxygen atoms in total. The Morgan fingerprint density at radius 3 is 2.86 bits per heavy atom. The van der Waals surface area contributed by atoms with Gasteiger partial charge in [0, 0.05) is 19.3 Å². The number of amides is 1. The number of hydrogen-bond donors (Lipinski definition) is 2. The van der Waals surface area contributed by atoms with Crippen LogP contribution < -0.4 is 0 Å². The van der Waals surface area contributed by atoms with Gasteiger partial charge in [0.15, 0.2) is 0 Å². The molecule has 14 heavy (non-hydrogen) atoms. The van der Waals surface area contributed by atoms with E-state index in [9.17, 15) is 4.79 Å². The Morgan fingerprint density at radius 1 is 1.71 bits per heavy atom. The van der Waals surface area contributed by atoms with E-state index >= 15 is 0 Å². The normalized spacial score (nSPS) is 10.2. The van der Waals surface area contributed by atoms with E-state index in [-0.39, 0.29) is 12.5 Å². The van der Waals surface area contributed by atoms with E-state index in [0.29, 0.717) is 23.8 Å². The highest BCUT2D eigenvalue weighted by Crippen LogP contribution is 2.11. The lowest BCUT2D eigenvalue weighted by molar-refractivity contribution is 0.0727. The van der Waals surface area contributed by atoms with Crippen LogP contribution in [0.15, 0.2) is 12.3 Å². The SMILES string of the molecule is CCN(CCO)C(=O)c1cc(Cl)c[nH]1. The van der Waals surface area contributed by atoms with E-state index in [1.165, 1.54) is 0 Å². The van der Waals surface area contributed by atoms with Crippen molar-refractivity contribution in [3.63, 3.8) is 0 Å². The summed E-state index contributed by atoms with van der Waals surface area (Å²) < 4.78 is 0. The third-order valence-electron chi connectivity index (χ3n) is 1.92. The van der Waals surface area contributed by atoms with Crippen molar-refractivity contribution in [3.05, 3.63) is 23.0 Å². The number of carbonyl (C=O) groups is 1. The maximum atomic E-state index is 11.7. The molecule has 0 fully saturated rings. The number of hydrogen-bond acceptors (Lipinski definition) is 2. The fourth-order valence-corrected chi connectivity index (χ4v) is 1.35. The molecule has 0 spiro atoms. The van der Waals surface area contributed by atoms with Gasteiger partial charge in [-0.15, -0.1) is 0 Å². The van der Waals surface area contributed by atoms with Crippen LogP contribution >= 0.6 is 11.6 Å². The van der Waals surface area contributed by atoms with Crippen molar-refractivity contribution in [2.45, 2.75) is 6.92 Å². The summed E-state index contributed by atoms with van der Waals surface area (Å²) in [5.41, 5.74) is 0.449. The molecule has 1 aromatic rings. The Kier molecular flexibility index (Phi) is 3.98. The summed E-state index contributed by atoms with van der Waals surface area (Å²) in [6, 6.07) is 1.57. The second kappa shape index (κ2) is 5.02. The average molecular weight is 217 g/mol. The summed E-state index contributed by atoms with van der Waals surface area (Å²) in [5.74, 6) is -0.145. The maximum absolute atomic E-state index is 11.7. The van der Waals surface area contributed by atoms with E-state index in [2.05, 4.69) is 4.98 Å². The molecule has 0 radical (unpaired) electrons. The summed E-state index contributed by atoms with van der Waals surface area (Å²) in [4.78, 5) is 16.0. The number of carbonyl (C=O) groups excluding carboxylic acids is 1. The van der Waals surface area contributed by atoms with Gasteiger partial charge >= 0.3 is 0 Å². The van der Waals surface area contributed by atoms with Gasteiger partial charge in [-0.1, -0.05) is 11.6 Å². The third kappa shape index (κ3) is 2.49. The predicted octanol–water partition coefficient (Wildman–Crippen LogP) is 1.12. The van der Waals surface area contributed by atoms with Crippen molar-refractivity contribution < 1.29 is 9.90 Å². The molecule has 1 rings (SSSR count). The summed E-state index contributed by atoms with van der Waals surface area (Å²) in [5, 5.41) is 9.25. The summed E-state index contributed by atoms with van der Waals surface area (Å²) in [6.45, 7) is 2.73. The number of H-pyrrole nitrogens is 1. The third-order valence-corrected chi connectivity index (χ3v) is 2.14. The molecule has 0 saturated heterocycles. The van der Waals surface area contributed by atoms with Gasteiger partial charge in [-0.2, -0.15) is 0 Å². The molecule has 0 saturated carbocycles. The number of halogens is 1. The zero-order valence-electron chi connectivity index (χ0n) is 7.96. The molecule has 1 amide bonds. The Hall–Kier alpha value is -1.00. The van der Waals surface area contributed by atoms with E-state index in [4.69, 9.17) is 16.7 Å². The topological polar surface area (TPSA) is 56.3 Å². The number of nitrogens with zero attached hydrogens (tertiary/aromatic N) is 1. The highest BCUT2D eigenvalue weighted by molar-refractivity contribution is 6.30. The van der Waals surface area contributed by atoms with Crippen molar-refractivity contribution in [2.24, 2.45) is 0 Å². The van der Waals surface area contributed by atoms with Gasteiger partial charge < -0.3 is 15.0 Å². The molecule has 5 heteroatoms. The summed E-state index contributed by atoms with van der Waals surface area (Å²) >= 11 is 5.68. The fraction of sp³-hybridized carbons (Fsp3) is 0.444. The van der Waals surface area contributed by atoms with Gasteiger partial charge in [-0.3, -0.25) is 4.79 Å². The second-order valence-corrected chi connectivity index (χ2v) is 3.28. The largest absolute Gasteiger partial charge is 0.395 e. The number of aromatic amines is 1. The lowest BCUT2D eigenvalue weighted by atomic mass is 10.3. The molecular formula is C9H13ClN2O2. The number of nitrogens with one attached hydrogen (secondary N) is 1. The standard InChI is InChI=1S/C9H13ClN2O2/c1-2-12(3-4-13)9(14)8-5-7(10)6-11-8/h5-6,11,13H,2-4H2,1H3. The van der Waals surface area contributed by atoms with E-state index in [1.54, 1.807) is 17.2 Å². The van der Waals surface area contributed by atoms with Crippen LogP contribution in [0.25, 0.3) is 0 Å². The molecule has 2 N–H and O–H groups in total. The van der Waals surface area contributed by atoms with Crippen LogP contribution in [-0.4, -0.2) is 40.6 Å². The van der Waals surface area contributed by atoms with Crippen molar-refractivity contribution in [1.29, 1.82) is 0 Å². The first-order valence-corrected chi connectivity index (χ1v) is 4.81. The first kappa shape index (κ1) is 11.1. The fourth-order valence-electron chi connectivity index (χ4n) is 1.19. The van der Waals surface area contributed by atoms with Crippen LogP contribution in [0.1, 0.15) is 17.4 Å². The first-order valence-electron chi connectivity index (χ1n) is 4.43. The van der Waals surface area contributed by atoms with Crippen molar-refractivity contribution >= 4 is 17.5 Å². The van der Waals surface area contributed by atoms with Gasteiger partial charge in [-0.25, -0.2) is 0 Å². The number of rotatable bonds is 4. The second-order valence-electron chi connectivity index (χ2n) is 2.84. The Balaban J connectivity index is 2.72. The average Bonchev–Trinajstić information content (AvgIpc) is 2.60. The number of aliphatic hydroxyl groups is 1. The number of aromatic nitrogens is 1. The van der Waals surface area contributed by atoms with Crippen LogP contribution in [-0.2, 0) is 0 Å². The number of aliphatic hydroxyl groups excluding tert-OH is 1. The van der Waals surface area contributed by atoms with Crippen molar-refractivity contribution in [2.75, 3.05) is 19.7 Å². The monoisotopic (exact) mass is 216 g/mol. The van der Waals surface area contributed by atoms with E-state index in [1.807, 2.05) is 6.92 Å². The molecule has 0 atom stereocenters. The minimum atomic E-state index is -0.145. The molecule has 1 heterocycles. The van der Waals surface area contributed by atoms with Crippen LogP contribution in [0, 0.1) is 0 Å². The number of likely N-dealkylation sites (N-methyl/N-ethyl adjacent to an activating group) is 1. The highest BCUT2D eigenvalue weighted by Gasteiger charge is 2.14. The molecule has 0 aromatic carbocycles. The molecule has 0 aliphatic rings. The Bertz CT molecular complexity index is 312. The Morgan fingerprint density at radius 2 is 2.43 bits per heavy atom. The first-order chi connectivity index (χ1) is 6.69. The zero-order valence-corrected chi connectivity index (χ0v) is 8.71. The summed E-state index contributed by atoms with van der Waals surface area (Å²) in [6.07, 6.45) is 1.56. The molecular weight excluding hydrogens is 204 g/mol. The van der Waals surface area contributed by atoms with E-state index < -0.39 is 0 Å². The lowest BCUT2D eigenvalue weighted by Crippen LogP contribution is -2.33. The quantitative estimate of drug-likeness (QED) is 0.793. The summed E-state index contributed by atoms with van der Waals surface area (Å²) in [7, 11) is 0. The zero-order chi connectivity index (χ0) is 10.6. The van der Waals surface area contributed by atoms with Gasteiger partial charge in [0.05, 0.1) is 11.6 Å². The van der Waals surface area contributed by atoms with Crippen molar-refractivity contribution in [3.8, 4) is 0 Å². The lowest BCUT2D eigenvalue weighted by Gasteiger charge is -2.18. The minimum absolute atomic E-state index is 0.0337. The molecule has 0 unspecified atom stereocenters. The molecule has 0 aliphatic carbocycles. The van der Waals surface area contributed by atoms with Gasteiger partial charge in [0.25, 0.3) is 5.91 Å². The predicted molar refractivity (Wildman–Crippen MR) is 54.5 cm³/mol. The van der Waals surface area contributed by atoms with Gasteiger partial charge in [0.1, 0.15) is 5.69 Å². The molecule has 0 bridgehead atoms. The minimum Gasteiger partial charge on any atom is -0.395 e. The van der Waals surface area contributed by atoms with Crippen molar-refractivity contribution in [1.82, 2.24) is 9.88 Å². The van der Waals surface area contributed by atoms with Crippen LogP contribution in [0.3, 0.4) is 0 Å². The molecule has 1 aromatic heterocycles. The molecule has 78 valence electrons. The van der Waals surface area contributed by atoms with Crippen LogP contribution in [0.5, 0.6) is 0 Å². The highest BCUT2D eigenvalue weighted by atomic mass is 35.5. The van der Waals surface area contributed by atoms with Gasteiger partial charge in [0.2, 0.25) is 0 Å². The van der Waals surface area contributed by atoms with Crippen LogP contribution in [0.4, 0.5) is 0 Å². The van der Waals surface area contributed by atoms with E-state index in [0.717, 1.165) is 0 Å². The molecule has 0 aliphatic heterocycles. The van der Waals surface area contributed by atoms with Crippen LogP contribution in [0.2, 0.25) is 5.02 Å². The smallest absolute Gasteiger partial charge is 0.270 e. The van der Waals surface area contributed by atoms with Gasteiger partial charge in [-0.05, 0) is 13.0 Å².